The lowest BCUT2D eigenvalue weighted by atomic mass is 10.2. The molecule has 0 spiro atoms. The standard InChI is InChI=1S/C12H15ClN2O3/c1-17-10-3-2-8(13)6-9(10)15-12(16)11-7-14-4-5-18-11/h2-3,6,11,14H,4-5,7H2,1H3,(H,15,16). The van der Waals surface area contributed by atoms with Crippen LogP contribution in [0.25, 0.3) is 0 Å². The Hall–Kier alpha value is -1.30. The fourth-order valence-electron chi connectivity index (χ4n) is 1.72. The second-order valence-corrected chi connectivity index (χ2v) is 4.33. The largest absolute Gasteiger partial charge is 0.495 e. The fraction of sp³-hybridized carbons (Fsp3) is 0.417. The molecule has 0 radical (unpaired) electrons. The number of nitrogens with one attached hydrogen (secondary N) is 2. The molecule has 1 fully saturated rings. The average Bonchev–Trinajstić information content (AvgIpc) is 2.40. The number of methoxy groups -OCH3 is 1. The molecular formula is C12H15ClN2O3. The highest BCUT2D eigenvalue weighted by molar-refractivity contribution is 6.31. The first kappa shape index (κ1) is 13.1. The lowest BCUT2D eigenvalue weighted by Gasteiger charge is -2.23. The van der Waals surface area contributed by atoms with Crippen LogP contribution in [-0.2, 0) is 9.53 Å². The van der Waals surface area contributed by atoms with E-state index in [0.29, 0.717) is 29.6 Å². The molecule has 5 nitrogen and oxygen atoms in total. The maximum Gasteiger partial charge on any atom is 0.254 e. The summed E-state index contributed by atoms with van der Waals surface area (Å²) in [6, 6.07) is 5.06. The number of carbonyl (C=O) groups excluding carboxylic acids is 1. The van der Waals surface area contributed by atoms with Crippen molar-refractivity contribution in [2.75, 3.05) is 32.1 Å². The van der Waals surface area contributed by atoms with Crippen LogP contribution in [-0.4, -0.2) is 38.8 Å². The van der Waals surface area contributed by atoms with Crippen LogP contribution < -0.4 is 15.4 Å². The Kier molecular flexibility index (Phi) is 4.41. The molecule has 1 aliphatic rings. The van der Waals surface area contributed by atoms with Crippen molar-refractivity contribution in [3.05, 3.63) is 23.2 Å². The molecule has 1 saturated heterocycles. The van der Waals surface area contributed by atoms with E-state index in [1.54, 1.807) is 18.2 Å². The van der Waals surface area contributed by atoms with E-state index in [1.165, 1.54) is 7.11 Å². The zero-order valence-corrected chi connectivity index (χ0v) is 10.8. The van der Waals surface area contributed by atoms with Crippen molar-refractivity contribution < 1.29 is 14.3 Å². The topological polar surface area (TPSA) is 59.6 Å². The van der Waals surface area contributed by atoms with Crippen LogP contribution in [0, 0.1) is 0 Å². The summed E-state index contributed by atoms with van der Waals surface area (Å²) in [7, 11) is 1.54. The van der Waals surface area contributed by atoms with Crippen LogP contribution in [0.1, 0.15) is 0 Å². The molecule has 0 bridgehead atoms. The molecule has 1 unspecified atom stereocenters. The van der Waals surface area contributed by atoms with Gasteiger partial charge in [-0.2, -0.15) is 0 Å². The Morgan fingerprint density at radius 3 is 3.11 bits per heavy atom. The van der Waals surface area contributed by atoms with Crippen molar-refractivity contribution >= 4 is 23.2 Å². The normalized spacial score (nSPS) is 19.3. The molecule has 2 rings (SSSR count). The average molecular weight is 271 g/mol. The van der Waals surface area contributed by atoms with Crippen molar-refractivity contribution in [2.24, 2.45) is 0 Å². The Morgan fingerprint density at radius 1 is 1.61 bits per heavy atom. The maximum atomic E-state index is 12.0. The van der Waals surface area contributed by atoms with Gasteiger partial charge in [-0.25, -0.2) is 0 Å². The Morgan fingerprint density at radius 2 is 2.44 bits per heavy atom. The molecule has 1 aliphatic heterocycles. The summed E-state index contributed by atoms with van der Waals surface area (Å²) < 4.78 is 10.5. The molecule has 0 aromatic heterocycles. The van der Waals surface area contributed by atoms with E-state index in [4.69, 9.17) is 21.1 Å². The second-order valence-electron chi connectivity index (χ2n) is 3.90. The summed E-state index contributed by atoms with van der Waals surface area (Å²) in [5, 5.41) is 6.39. The van der Waals surface area contributed by atoms with Gasteiger partial charge in [-0.1, -0.05) is 11.6 Å². The summed E-state index contributed by atoms with van der Waals surface area (Å²) in [5.41, 5.74) is 0.546. The highest BCUT2D eigenvalue weighted by Gasteiger charge is 2.22. The predicted molar refractivity (Wildman–Crippen MR) is 69.2 cm³/mol. The van der Waals surface area contributed by atoms with E-state index in [1.807, 2.05) is 0 Å². The molecule has 1 heterocycles. The number of amides is 1. The lowest BCUT2D eigenvalue weighted by molar-refractivity contribution is -0.128. The Labute approximate surface area is 110 Å². The van der Waals surface area contributed by atoms with Gasteiger partial charge in [0.1, 0.15) is 11.9 Å². The number of benzene rings is 1. The van der Waals surface area contributed by atoms with Crippen molar-refractivity contribution in [3.8, 4) is 5.75 Å². The molecule has 0 aliphatic carbocycles. The van der Waals surface area contributed by atoms with E-state index in [0.717, 1.165) is 6.54 Å². The summed E-state index contributed by atoms with van der Waals surface area (Å²) in [6.45, 7) is 1.81. The number of carbonyl (C=O) groups is 1. The summed E-state index contributed by atoms with van der Waals surface area (Å²) in [4.78, 5) is 12.0. The van der Waals surface area contributed by atoms with Crippen molar-refractivity contribution in [1.29, 1.82) is 0 Å². The quantitative estimate of drug-likeness (QED) is 0.869. The lowest BCUT2D eigenvalue weighted by Crippen LogP contribution is -2.45. The minimum atomic E-state index is -0.484. The number of hydrogen-bond acceptors (Lipinski definition) is 4. The van der Waals surface area contributed by atoms with Crippen molar-refractivity contribution in [3.63, 3.8) is 0 Å². The van der Waals surface area contributed by atoms with Gasteiger partial charge in [0.2, 0.25) is 0 Å². The first-order valence-electron chi connectivity index (χ1n) is 5.67. The van der Waals surface area contributed by atoms with Gasteiger partial charge in [-0.15, -0.1) is 0 Å². The van der Waals surface area contributed by atoms with Gasteiger partial charge < -0.3 is 20.1 Å². The van der Waals surface area contributed by atoms with Gasteiger partial charge in [0, 0.05) is 18.1 Å². The zero-order chi connectivity index (χ0) is 13.0. The smallest absolute Gasteiger partial charge is 0.254 e. The number of ether oxygens (including phenoxy) is 2. The monoisotopic (exact) mass is 270 g/mol. The zero-order valence-electron chi connectivity index (χ0n) is 10.0. The van der Waals surface area contributed by atoms with E-state index in [2.05, 4.69) is 10.6 Å². The Balaban J connectivity index is 2.07. The van der Waals surface area contributed by atoms with Gasteiger partial charge in [0.15, 0.2) is 0 Å². The molecule has 6 heteroatoms. The van der Waals surface area contributed by atoms with Crippen LogP contribution in [0.5, 0.6) is 5.75 Å². The number of anilines is 1. The van der Waals surface area contributed by atoms with E-state index in [9.17, 15) is 4.79 Å². The number of rotatable bonds is 3. The molecule has 1 amide bonds. The molecular weight excluding hydrogens is 256 g/mol. The van der Waals surface area contributed by atoms with Crippen molar-refractivity contribution in [1.82, 2.24) is 5.32 Å². The minimum absolute atomic E-state index is 0.206. The van der Waals surface area contributed by atoms with Gasteiger partial charge in [-0.3, -0.25) is 4.79 Å². The summed E-state index contributed by atoms with van der Waals surface area (Å²) >= 11 is 5.89. The predicted octanol–water partition coefficient (Wildman–Crippen LogP) is 1.28. The third-order valence-electron chi connectivity index (χ3n) is 2.64. The van der Waals surface area contributed by atoms with E-state index in [-0.39, 0.29) is 5.91 Å². The molecule has 1 atom stereocenters. The van der Waals surface area contributed by atoms with Crippen LogP contribution in [0.3, 0.4) is 0 Å². The number of morpholine rings is 1. The third-order valence-corrected chi connectivity index (χ3v) is 2.87. The minimum Gasteiger partial charge on any atom is -0.495 e. The van der Waals surface area contributed by atoms with Gasteiger partial charge in [-0.05, 0) is 18.2 Å². The van der Waals surface area contributed by atoms with Gasteiger partial charge in [0.05, 0.1) is 19.4 Å². The fourth-order valence-corrected chi connectivity index (χ4v) is 1.90. The molecule has 1 aromatic rings. The van der Waals surface area contributed by atoms with Crippen LogP contribution in [0.15, 0.2) is 18.2 Å². The molecule has 2 N–H and O–H groups in total. The van der Waals surface area contributed by atoms with Crippen molar-refractivity contribution in [2.45, 2.75) is 6.10 Å². The second kappa shape index (κ2) is 6.04. The molecule has 0 saturated carbocycles. The first-order valence-corrected chi connectivity index (χ1v) is 6.05. The van der Waals surface area contributed by atoms with Crippen LogP contribution >= 0.6 is 11.6 Å². The molecule has 98 valence electrons. The van der Waals surface area contributed by atoms with Crippen LogP contribution in [0.2, 0.25) is 5.02 Å². The van der Waals surface area contributed by atoms with Crippen LogP contribution in [0.4, 0.5) is 5.69 Å². The van der Waals surface area contributed by atoms with E-state index >= 15 is 0 Å². The number of halogens is 1. The van der Waals surface area contributed by atoms with Gasteiger partial charge in [0.25, 0.3) is 5.91 Å². The molecule has 18 heavy (non-hydrogen) atoms. The van der Waals surface area contributed by atoms with Gasteiger partial charge >= 0.3 is 0 Å². The maximum absolute atomic E-state index is 12.0. The summed E-state index contributed by atoms with van der Waals surface area (Å²) in [6.07, 6.45) is -0.484. The SMILES string of the molecule is COc1ccc(Cl)cc1NC(=O)C1CNCCO1. The Bertz CT molecular complexity index is 433. The third kappa shape index (κ3) is 3.13. The number of hydrogen-bond donors (Lipinski definition) is 2. The first-order chi connectivity index (χ1) is 8.70. The highest BCUT2D eigenvalue weighted by atomic mass is 35.5. The van der Waals surface area contributed by atoms with E-state index < -0.39 is 6.10 Å². The summed E-state index contributed by atoms with van der Waals surface area (Å²) in [5.74, 6) is 0.360. The molecule has 1 aromatic carbocycles. The highest BCUT2D eigenvalue weighted by Crippen LogP contribution is 2.27.